The zero-order valence-electron chi connectivity index (χ0n) is 18.9. The molecule has 1 amide bonds. The maximum Gasteiger partial charge on any atom is 0.277 e. The second-order valence-electron chi connectivity index (χ2n) is 9.71. The smallest absolute Gasteiger partial charge is 0.277 e. The van der Waals surface area contributed by atoms with Gasteiger partial charge in [-0.25, -0.2) is 9.50 Å². The van der Waals surface area contributed by atoms with Crippen molar-refractivity contribution in [3.63, 3.8) is 0 Å². The van der Waals surface area contributed by atoms with Crippen molar-refractivity contribution >= 4 is 11.6 Å². The molecule has 172 valence electrons. The third-order valence-electron chi connectivity index (χ3n) is 7.78. The van der Waals surface area contributed by atoms with E-state index < -0.39 is 0 Å². The van der Waals surface area contributed by atoms with E-state index in [1.54, 1.807) is 23.0 Å². The van der Waals surface area contributed by atoms with Gasteiger partial charge in [-0.15, -0.1) is 0 Å². The second kappa shape index (κ2) is 8.41. The number of H-pyrrole nitrogens is 1. The highest BCUT2D eigenvalue weighted by Crippen LogP contribution is 2.30. The molecule has 1 saturated carbocycles. The minimum absolute atomic E-state index is 0.0376. The van der Waals surface area contributed by atoms with Crippen LogP contribution in [0.15, 0.2) is 35.4 Å². The lowest BCUT2D eigenvalue weighted by Crippen LogP contribution is -2.41. The summed E-state index contributed by atoms with van der Waals surface area (Å²) in [4.78, 5) is 39.4. The molecule has 6 rings (SSSR count). The molecule has 0 spiro atoms. The number of hydrogen-bond donors (Lipinski definition) is 1. The van der Waals surface area contributed by atoms with Gasteiger partial charge >= 0.3 is 0 Å². The Kier molecular flexibility index (Phi) is 5.25. The Balaban J connectivity index is 1.19. The SMILES string of the molecule is O=C(c1cccnc1)N1CCC(c2cc3nc4c(c(=O)n3[nH]2)CN(C2CCCC2)CC4)CC1. The summed E-state index contributed by atoms with van der Waals surface area (Å²) in [7, 11) is 0. The molecule has 5 heterocycles. The molecule has 8 heteroatoms. The monoisotopic (exact) mass is 446 g/mol. The number of amides is 1. The van der Waals surface area contributed by atoms with Gasteiger partial charge in [-0.1, -0.05) is 12.8 Å². The molecule has 3 aliphatic rings. The fourth-order valence-corrected chi connectivity index (χ4v) is 5.88. The number of pyridine rings is 1. The quantitative estimate of drug-likeness (QED) is 0.669. The van der Waals surface area contributed by atoms with Crippen molar-refractivity contribution in [1.82, 2.24) is 29.4 Å². The average molecular weight is 447 g/mol. The van der Waals surface area contributed by atoms with Gasteiger partial charge in [-0.05, 0) is 37.8 Å². The number of nitrogens with zero attached hydrogens (tertiary/aromatic N) is 5. The van der Waals surface area contributed by atoms with Crippen LogP contribution in [-0.2, 0) is 13.0 Å². The van der Waals surface area contributed by atoms with Crippen molar-refractivity contribution in [1.29, 1.82) is 0 Å². The molecule has 1 N–H and O–H groups in total. The number of likely N-dealkylation sites (tertiary alicyclic amines) is 1. The van der Waals surface area contributed by atoms with Crippen LogP contribution in [-0.4, -0.2) is 61.0 Å². The Labute approximate surface area is 192 Å². The van der Waals surface area contributed by atoms with Crippen molar-refractivity contribution < 1.29 is 4.79 Å². The van der Waals surface area contributed by atoms with Gasteiger partial charge in [0.2, 0.25) is 0 Å². The van der Waals surface area contributed by atoms with Gasteiger partial charge in [-0.3, -0.25) is 24.6 Å². The summed E-state index contributed by atoms with van der Waals surface area (Å²) in [5.41, 5.74) is 4.27. The molecular formula is C25H30N6O2. The maximum absolute atomic E-state index is 13.3. The summed E-state index contributed by atoms with van der Waals surface area (Å²) in [6.07, 6.45) is 11.0. The first-order valence-electron chi connectivity index (χ1n) is 12.2. The largest absolute Gasteiger partial charge is 0.339 e. The predicted octanol–water partition coefficient (Wildman–Crippen LogP) is 2.74. The summed E-state index contributed by atoms with van der Waals surface area (Å²) >= 11 is 0. The van der Waals surface area contributed by atoms with Gasteiger partial charge in [-0.2, -0.15) is 0 Å². The molecule has 33 heavy (non-hydrogen) atoms. The van der Waals surface area contributed by atoms with Crippen LogP contribution in [0.5, 0.6) is 0 Å². The Hall–Kier alpha value is -3.00. The molecule has 0 aromatic carbocycles. The molecule has 1 aliphatic carbocycles. The van der Waals surface area contributed by atoms with Gasteiger partial charge in [0.25, 0.3) is 11.5 Å². The van der Waals surface area contributed by atoms with E-state index in [-0.39, 0.29) is 17.4 Å². The van der Waals surface area contributed by atoms with Crippen molar-refractivity contribution in [3.05, 3.63) is 63.5 Å². The van der Waals surface area contributed by atoms with E-state index in [1.165, 1.54) is 25.7 Å². The molecule has 0 bridgehead atoms. The van der Waals surface area contributed by atoms with Crippen LogP contribution in [0.4, 0.5) is 0 Å². The van der Waals surface area contributed by atoms with Crippen molar-refractivity contribution in [3.8, 4) is 0 Å². The van der Waals surface area contributed by atoms with Gasteiger partial charge in [0.05, 0.1) is 16.8 Å². The number of rotatable bonds is 3. The van der Waals surface area contributed by atoms with E-state index in [1.807, 2.05) is 17.0 Å². The number of carbonyl (C=O) groups excluding carboxylic acids is 1. The van der Waals surface area contributed by atoms with Gasteiger partial charge in [0, 0.05) is 68.7 Å². The second-order valence-corrected chi connectivity index (χ2v) is 9.71. The Morgan fingerprint density at radius 3 is 2.67 bits per heavy atom. The number of aromatic nitrogens is 4. The fraction of sp³-hybridized carbons (Fsp3) is 0.520. The summed E-state index contributed by atoms with van der Waals surface area (Å²) in [5, 5.41) is 3.35. The standard InChI is InChI=1S/C25H30N6O2/c32-24(18-4-3-10-26-15-18)29-11-7-17(8-12-29)22-14-23-27-21-9-13-30(19-5-1-2-6-19)16-20(21)25(33)31(23)28-22/h3-4,10,14-15,17,19,28H,1-2,5-9,11-13,16H2. The number of nitrogens with one attached hydrogen (secondary N) is 1. The van der Waals surface area contributed by atoms with E-state index in [0.717, 1.165) is 55.0 Å². The fourth-order valence-electron chi connectivity index (χ4n) is 5.88. The molecule has 0 unspecified atom stereocenters. The summed E-state index contributed by atoms with van der Waals surface area (Å²) in [6.45, 7) is 3.12. The van der Waals surface area contributed by atoms with E-state index in [9.17, 15) is 9.59 Å². The summed E-state index contributed by atoms with van der Waals surface area (Å²) in [6, 6.07) is 6.26. The first-order chi connectivity index (χ1) is 16.2. The lowest BCUT2D eigenvalue weighted by atomic mass is 9.93. The topological polar surface area (TPSA) is 86.6 Å². The molecule has 3 aromatic heterocycles. The number of carbonyl (C=O) groups is 1. The number of piperidine rings is 1. The minimum Gasteiger partial charge on any atom is -0.339 e. The predicted molar refractivity (Wildman–Crippen MR) is 124 cm³/mol. The Morgan fingerprint density at radius 2 is 1.91 bits per heavy atom. The van der Waals surface area contributed by atoms with Crippen LogP contribution >= 0.6 is 0 Å². The number of hydrogen-bond acceptors (Lipinski definition) is 5. The Bertz CT molecular complexity index is 1220. The highest BCUT2D eigenvalue weighted by Gasteiger charge is 2.30. The summed E-state index contributed by atoms with van der Waals surface area (Å²) in [5.74, 6) is 0.326. The number of fused-ring (bicyclic) bond motifs is 2. The average Bonchev–Trinajstić information content (AvgIpc) is 3.55. The molecule has 2 fully saturated rings. The minimum atomic E-state index is 0.0376. The van der Waals surface area contributed by atoms with Crippen LogP contribution in [0.2, 0.25) is 0 Å². The molecular weight excluding hydrogens is 416 g/mol. The molecule has 3 aromatic rings. The van der Waals surface area contributed by atoms with Crippen LogP contribution in [0.1, 0.15) is 71.8 Å². The van der Waals surface area contributed by atoms with Gasteiger partial charge in [0.15, 0.2) is 5.65 Å². The van der Waals surface area contributed by atoms with Crippen LogP contribution in [0.25, 0.3) is 5.65 Å². The first kappa shape index (κ1) is 20.6. The van der Waals surface area contributed by atoms with E-state index in [4.69, 9.17) is 4.98 Å². The van der Waals surface area contributed by atoms with Crippen molar-refractivity contribution in [2.24, 2.45) is 0 Å². The lowest BCUT2D eigenvalue weighted by Gasteiger charge is -2.32. The van der Waals surface area contributed by atoms with Gasteiger partial charge < -0.3 is 4.90 Å². The van der Waals surface area contributed by atoms with Gasteiger partial charge in [0.1, 0.15) is 0 Å². The van der Waals surface area contributed by atoms with Crippen LogP contribution in [0, 0.1) is 0 Å². The van der Waals surface area contributed by atoms with Crippen LogP contribution in [0.3, 0.4) is 0 Å². The van der Waals surface area contributed by atoms with E-state index in [2.05, 4.69) is 15.0 Å². The van der Waals surface area contributed by atoms with Crippen molar-refractivity contribution in [2.45, 2.75) is 63.5 Å². The van der Waals surface area contributed by atoms with Crippen LogP contribution < -0.4 is 5.56 Å². The molecule has 8 nitrogen and oxygen atoms in total. The normalized spacial score (nSPS) is 20.4. The highest BCUT2D eigenvalue weighted by atomic mass is 16.2. The summed E-state index contributed by atoms with van der Waals surface area (Å²) < 4.78 is 1.64. The Morgan fingerprint density at radius 1 is 1.09 bits per heavy atom. The molecule has 1 saturated heterocycles. The first-order valence-corrected chi connectivity index (χ1v) is 12.2. The van der Waals surface area contributed by atoms with E-state index >= 15 is 0 Å². The zero-order valence-corrected chi connectivity index (χ0v) is 18.9. The number of aromatic amines is 1. The van der Waals surface area contributed by atoms with Crippen molar-refractivity contribution in [2.75, 3.05) is 19.6 Å². The molecule has 0 atom stereocenters. The molecule has 0 radical (unpaired) electrons. The van der Waals surface area contributed by atoms with E-state index in [0.29, 0.717) is 24.7 Å². The lowest BCUT2D eigenvalue weighted by molar-refractivity contribution is 0.0711. The highest BCUT2D eigenvalue weighted by molar-refractivity contribution is 5.93. The molecule has 2 aliphatic heterocycles. The third-order valence-corrected chi connectivity index (χ3v) is 7.78. The maximum atomic E-state index is 13.3. The third kappa shape index (κ3) is 3.76. The zero-order chi connectivity index (χ0) is 22.4.